The zero-order valence-corrected chi connectivity index (χ0v) is 24.5. The van der Waals surface area contributed by atoms with Gasteiger partial charge in [-0.15, -0.1) is 12.6 Å². The number of rotatable bonds is 6. The first-order chi connectivity index (χ1) is 17.8. The molecule has 0 spiro atoms. The van der Waals surface area contributed by atoms with Crippen LogP contribution in [0.1, 0.15) is 43.2 Å². The van der Waals surface area contributed by atoms with E-state index in [4.69, 9.17) is 9.84 Å². The van der Waals surface area contributed by atoms with Crippen molar-refractivity contribution >= 4 is 25.3 Å². The van der Waals surface area contributed by atoms with Gasteiger partial charge in [0.05, 0.1) is 7.11 Å². The molecule has 3 aliphatic rings. The molecule has 1 amide bonds. The highest BCUT2D eigenvalue weighted by atomic mass is 32.1. The van der Waals surface area contributed by atoms with Crippen molar-refractivity contribution in [1.29, 1.82) is 0 Å². The molecular formula is C27H50N6O3S. The maximum absolute atomic E-state index is 12.2. The van der Waals surface area contributed by atoms with Crippen LogP contribution in [0.2, 0.25) is 0 Å². The summed E-state index contributed by atoms with van der Waals surface area (Å²) in [5.41, 5.74) is 2.32. The number of aliphatic hydroxyl groups is 1. The summed E-state index contributed by atoms with van der Waals surface area (Å²) >= 11 is 4.34. The molecule has 0 unspecified atom stereocenters. The summed E-state index contributed by atoms with van der Waals surface area (Å²) in [4.78, 5) is 20.3. The van der Waals surface area contributed by atoms with Gasteiger partial charge in [-0.25, -0.2) is 0 Å². The lowest BCUT2D eigenvalue weighted by molar-refractivity contribution is -0.133. The average Bonchev–Trinajstić information content (AvgIpc) is 3.74. The largest absolute Gasteiger partial charge is 0.497 e. The van der Waals surface area contributed by atoms with Crippen LogP contribution in [-0.4, -0.2) is 112 Å². The second-order valence-electron chi connectivity index (χ2n) is 9.72. The summed E-state index contributed by atoms with van der Waals surface area (Å²) in [5, 5.41) is 13.2. The van der Waals surface area contributed by atoms with Gasteiger partial charge in [0.1, 0.15) is 5.75 Å². The molecule has 9 nitrogen and oxygen atoms in total. The maximum atomic E-state index is 12.2. The van der Waals surface area contributed by atoms with E-state index < -0.39 is 0 Å². The SMILES string of the molecule is C=NN.CN1CCC(N2CCN(C(=O)CCNC3CC3)CC2)CC1.CO.COc1cc(C)c(S)c(C)c1. The molecule has 2 heterocycles. The normalized spacial score (nSPS) is 18.3. The lowest BCUT2D eigenvalue weighted by Crippen LogP contribution is -2.54. The van der Waals surface area contributed by atoms with Crippen LogP contribution < -0.4 is 15.9 Å². The Labute approximate surface area is 229 Å². The maximum Gasteiger partial charge on any atom is 0.223 e. The summed E-state index contributed by atoms with van der Waals surface area (Å²) in [6, 6.07) is 5.42. The number of carbonyl (C=O) groups is 1. The first-order valence-electron chi connectivity index (χ1n) is 13.2. The van der Waals surface area contributed by atoms with E-state index in [-0.39, 0.29) is 0 Å². The minimum atomic E-state index is 0.339. The van der Waals surface area contributed by atoms with E-state index in [0.717, 1.165) is 67.6 Å². The zero-order valence-electron chi connectivity index (χ0n) is 23.6. The molecule has 1 saturated carbocycles. The fraction of sp³-hybridized carbons (Fsp3) is 0.704. The first-order valence-corrected chi connectivity index (χ1v) is 13.6. The Morgan fingerprint density at radius 3 is 2.08 bits per heavy atom. The quantitative estimate of drug-likeness (QED) is 0.190. The summed E-state index contributed by atoms with van der Waals surface area (Å²) in [5.74, 6) is 5.60. The van der Waals surface area contributed by atoms with Gasteiger partial charge in [-0.2, -0.15) is 5.10 Å². The second kappa shape index (κ2) is 18.4. The second-order valence-corrected chi connectivity index (χ2v) is 10.2. The number of likely N-dealkylation sites (tertiary alicyclic amines) is 1. The number of piperidine rings is 1. The lowest BCUT2D eigenvalue weighted by Gasteiger charge is -2.42. The number of thiol groups is 1. The molecule has 0 atom stereocenters. The first kappa shape index (κ1) is 33.2. The van der Waals surface area contributed by atoms with Crippen molar-refractivity contribution in [2.75, 3.05) is 67.1 Å². The lowest BCUT2D eigenvalue weighted by atomic mass is 10.0. The molecule has 2 saturated heterocycles. The van der Waals surface area contributed by atoms with Crippen LogP contribution in [0.4, 0.5) is 0 Å². The van der Waals surface area contributed by atoms with E-state index in [1.807, 2.05) is 26.0 Å². The smallest absolute Gasteiger partial charge is 0.223 e. The monoisotopic (exact) mass is 538 g/mol. The number of nitrogens with one attached hydrogen (secondary N) is 1. The van der Waals surface area contributed by atoms with E-state index in [2.05, 4.69) is 57.4 Å². The number of amides is 1. The van der Waals surface area contributed by atoms with Crippen LogP contribution in [0.15, 0.2) is 22.1 Å². The molecule has 3 fully saturated rings. The van der Waals surface area contributed by atoms with Gasteiger partial charge in [-0.05, 0) is 82.9 Å². The molecule has 1 aromatic rings. The Hall–Kier alpha value is -1.85. The van der Waals surface area contributed by atoms with Gasteiger partial charge >= 0.3 is 0 Å². The molecule has 1 aromatic carbocycles. The van der Waals surface area contributed by atoms with Crippen molar-refractivity contribution in [2.45, 2.75) is 62.9 Å². The number of benzene rings is 1. The van der Waals surface area contributed by atoms with Gasteiger partial charge in [0.15, 0.2) is 0 Å². The molecular weight excluding hydrogens is 488 g/mol. The minimum Gasteiger partial charge on any atom is -0.497 e. The van der Waals surface area contributed by atoms with Crippen LogP contribution in [0, 0.1) is 13.8 Å². The van der Waals surface area contributed by atoms with Gasteiger partial charge in [0.2, 0.25) is 5.91 Å². The van der Waals surface area contributed by atoms with E-state index in [9.17, 15) is 4.79 Å². The third-order valence-corrected chi connectivity index (χ3v) is 7.63. The number of hydrogen-bond acceptors (Lipinski definition) is 9. The number of carbonyl (C=O) groups excluding carboxylic acids is 1. The van der Waals surface area contributed by atoms with Crippen molar-refractivity contribution in [3.63, 3.8) is 0 Å². The van der Waals surface area contributed by atoms with Crippen LogP contribution in [0.5, 0.6) is 5.75 Å². The molecule has 212 valence electrons. The van der Waals surface area contributed by atoms with Gasteiger partial charge in [-0.3, -0.25) is 9.69 Å². The third kappa shape index (κ3) is 12.5. The molecule has 37 heavy (non-hydrogen) atoms. The number of methoxy groups -OCH3 is 1. The standard InChI is InChI=1S/C16H30N4O.C9H12OS.CH4N2.CH4O/c1-18-8-5-15(6-9-18)19-10-12-20(13-11-19)16(21)4-7-17-14-2-3-14;1-6-4-8(10-3)5-7(2)9(6)11;1-3-2;1-2/h14-15,17H,2-13H2,1H3;4-5,11H,1-3H3;1-2H2;2H,1H3. The molecule has 2 aliphatic heterocycles. The Morgan fingerprint density at radius 1 is 1.11 bits per heavy atom. The summed E-state index contributed by atoms with van der Waals surface area (Å²) in [6.07, 6.45) is 5.84. The van der Waals surface area contributed by atoms with Crippen molar-refractivity contribution in [1.82, 2.24) is 20.0 Å². The summed E-state index contributed by atoms with van der Waals surface area (Å²) < 4.78 is 5.10. The predicted molar refractivity (Wildman–Crippen MR) is 156 cm³/mol. The van der Waals surface area contributed by atoms with Crippen molar-refractivity contribution in [3.8, 4) is 5.75 Å². The number of aryl methyl sites for hydroxylation is 2. The molecule has 0 radical (unpaired) electrons. The zero-order chi connectivity index (χ0) is 27.8. The third-order valence-electron chi connectivity index (χ3n) is 6.92. The van der Waals surface area contributed by atoms with Gasteiger partial charge in [-0.1, -0.05) is 0 Å². The Kier molecular flexibility index (Phi) is 16.5. The Bertz CT molecular complexity index is 769. The number of nitrogens with two attached hydrogens (primary N) is 1. The summed E-state index contributed by atoms with van der Waals surface area (Å²) in [6.45, 7) is 14.2. The summed E-state index contributed by atoms with van der Waals surface area (Å²) in [7, 11) is 4.88. The number of aliphatic hydroxyl groups excluding tert-OH is 1. The van der Waals surface area contributed by atoms with Crippen LogP contribution in [0.3, 0.4) is 0 Å². The number of hydrogen-bond donors (Lipinski definition) is 4. The Morgan fingerprint density at radius 2 is 1.62 bits per heavy atom. The number of piperazine rings is 1. The minimum absolute atomic E-state index is 0.339. The molecule has 1 aliphatic carbocycles. The van der Waals surface area contributed by atoms with E-state index >= 15 is 0 Å². The van der Waals surface area contributed by atoms with E-state index in [1.165, 1.54) is 38.8 Å². The predicted octanol–water partition coefficient (Wildman–Crippen LogP) is 2.14. The molecule has 0 aromatic heterocycles. The van der Waals surface area contributed by atoms with Crippen molar-refractivity contribution < 1.29 is 14.6 Å². The average molecular weight is 539 g/mol. The van der Waals surface area contributed by atoms with E-state index in [1.54, 1.807) is 7.11 Å². The van der Waals surface area contributed by atoms with Crippen molar-refractivity contribution in [3.05, 3.63) is 23.3 Å². The van der Waals surface area contributed by atoms with Gasteiger partial charge < -0.3 is 30.8 Å². The van der Waals surface area contributed by atoms with Gasteiger partial charge in [0, 0.05) is 70.0 Å². The molecule has 4 N–H and O–H groups in total. The number of ether oxygens (including phenoxy) is 1. The van der Waals surface area contributed by atoms with Crippen LogP contribution >= 0.6 is 12.6 Å². The molecule has 10 heteroatoms. The van der Waals surface area contributed by atoms with Crippen LogP contribution in [-0.2, 0) is 4.79 Å². The molecule has 4 rings (SSSR count). The van der Waals surface area contributed by atoms with Crippen molar-refractivity contribution in [2.24, 2.45) is 10.9 Å². The number of hydrazone groups is 1. The fourth-order valence-corrected chi connectivity index (χ4v) is 4.69. The van der Waals surface area contributed by atoms with Gasteiger partial charge in [0.25, 0.3) is 0 Å². The highest BCUT2D eigenvalue weighted by Gasteiger charge is 2.28. The highest BCUT2D eigenvalue weighted by molar-refractivity contribution is 7.80. The fourth-order valence-electron chi connectivity index (χ4n) is 4.56. The van der Waals surface area contributed by atoms with Crippen LogP contribution in [0.25, 0.3) is 0 Å². The Balaban J connectivity index is 0.000000360. The molecule has 0 bridgehead atoms. The topological polar surface area (TPSA) is 107 Å². The highest BCUT2D eigenvalue weighted by Crippen LogP contribution is 2.24. The number of nitrogens with zero attached hydrogens (tertiary/aromatic N) is 4. The van der Waals surface area contributed by atoms with E-state index in [0.29, 0.717) is 18.4 Å².